The molecule has 1 unspecified atom stereocenters. The van der Waals surface area contributed by atoms with Crippen LogP contribution in [0.1, 0.15) is 39.6 Å². The molecule has 28 heavy (non-hydrogen) atoms. The summed E-state index contributed by atoms with van der Waals surface area (Å²) in [4.78, 5) is 49.5. The zero-order valence-corrected chi connectivity index (χ0v) is 15.8. The van der Waals surface area contributed by atoms with Crippen LogP contribution in [0.3, 0.4) is 0 Å². The molecule has 1 aliphatic rings. The third-order valence-electron chi connectivity index (χ3n) is 4.67. The Kier molecular flexibility index (Phi) is 5.26. The van der Waals surface area contributed by atoms with Gasteiger partial charge >= 0.3 is 5.97 Å². The van der Waals surface area contributed by atoms with Gasteiger partial charge in [-0.1, -0.05) is 6.07 Å². The molecular formula is C21H20N2O5. The smallest absolute Gasteiger partial charge is 0.337 e. The van der Waals surface area contributed by atoms with Crippen molar-refractivity contribution in [1.82, 2.24) is 0 Å². The number of anilines is 2. The predicted octanol–water partition coefficient (Wildman–Crippen LogP) is 2.73. The Bertz CT molecular complexity index is 965. The summed E-state index contributed by atoms with van der Waals surface area (Å²) < 4.78 is 4.72. The molecule has 1 fully saturated rings. The van der Waals surface area contributed by atoms with Crippen molar-refractivity contribution in [2.75, 3.05) is 17.3 Å². The fraction of sp³-hybridized carbons (Fsp3) is 0.238. The van der Waals surface area contributed by atoms with Crippen LogP contribution in [-0.4, -0.2) is 36.7 Å². The molecule has 2 aromatic rings. The first-order chi connectivity index (χ1) is 13.3. The molecule has 1 saturated heterocycles. The maximum absolute atomic E-state index is 12.8. The molecule has 0 aromatic heterocycles. The van der Waals surface area contributed by atoms with Crippen LogP contribution in [0.2, 0.25) is 0 Å². The summed E-state index contributed by atoms with van der Waals surface area (Å²) >= 11 is 0. The fourth-order valence-electron chi connectivity index (χ4n) is 3.07. The third-order valence-corrected chi connectivity index (χ3v) is 4.67. The molecule has 2 aromatic carbocycles. The van der Waals surface area contributed by atoms with Gasteiger partial charge in [0.25, 0.3) is 5.91 Å². The first-order valence-corrected chi connectivity index (χ1v) is 8.75. The normalized spacial score (nSPS) is 16.2. The number of carbonyl (C=O) groups is 4. The Labute approximate surface area is 162 Å². The van der Waals surface area contributed by atoms with Gasteiger partial charge in [-0.25, -0.2) is 9.69 Å². The number of hydrogen-bond acceptors (Lipinski definition) is 6. The number of aryl methyl sites for hydroxylation is 1. The largest absolute Gasteiger partial charge is 0.465 e. The van der Waals surface area contributed by atoms with E-state index < -0.39 is 12.0 Å². The highest BCUT2D eigenvalue weighted by atomic mass is 16.5. The molecule has 0 radical (unpaired) electrons. The topological polar surface area (TPSA) is 92.8 Å². The van der Waals surface area contributed by atoms with E-state index in [1.807, 2.05) is 6.92 Å². The predicted molar refractivity (Wildman–Crippen MR) is 103 cm³/mol. The minimum atomic E-state index is -0.744. The second-order valence-electron chi connectivity index (χ2n) is 6.59. The summed E-state index contributed by atoms with van der Waals surface area (Å²) in [5, 5.41) is 3.06. The lowest BCUT2D eigenvalue weighted by Gasteiger charge is -2.17. The first-order valence-electron chi connectivity index (χ1n) is 8.75. The molecule has 1 aliphatic heterocycles. The number of carbonyl (C=O) groups excluding carboxylic acids is 4. The number of benzene rings is 2. The van der Waals surface area contributed by atoms with Crippen molar-refractivity contribution >= 4 is 34.9 Å². The highest BCUT2D eigenvalue weighted by molar-refractivity contribution is 6.23. The highest BCUT2D eigenvalue weighted by Crippen LogP contribution is 2.27. The van der Waals surface area contributed by atoms with Crippen LogP contribution in [0, 0.1) is 6.92 Å². The number of rotatable bonds is 5. The highest BCUT2D eigenvalue weighted by Gasteiger charge is 2.39. The van der Waals surface area contributed by atoms with E-state index in [0.29, 0.717) is 22.5 Å². The number of amides is 2. The SMILES string of the molecule is COC(=O)c1ccc(C)c(NC2CC(=O)N(c3ccc(C(C)=O)cc3)C2=O)c1. The van der Waals surface area contributed by atoms with Gasteiger partial charge in [-0.3, -0.25) is 14.4 Å². The van der Waals surface area contributed by atoms with Gasteiger partial charge in [0.1, 0.15) is 6.04 Å². The van der Waals surface area contributed by atoms with E-state index in [1.54, 1.807) is 42.5 Å². The van der Waals surface area contributed by atoms with Gasteiger partial charge in [-0.05, 0) is 55.8 Å². The Morgan fingerprint density at radius 1 is 1.07 bits per heavy atom. The first kappa shape index (κ1) is 19.3. The minimum Gasteiger partial charge on any atom is -0.465 e. The zero-order valence-electron chi connectivity index (χ0n) is 15.8. The molecule has 0 spiro atoms. The third kappa shape index (κ3) is 3.64. The van der Waals surface area contributed by atoms with Crippen LogP contribution in [-0.2, 0) is 14.3 Å². The molecule has 7 heteroatoms. The van der Waals surface area contributed by atoms with E-state index in [0.717, 1.165) is 10.5 Å². The Morgan fingerprint density at radius 2 is 1.71 bits per heavy atom. The molecule has 144 valence electrons. The van der Waals surface area contributed by atoms with Crippen molar-refractivity contribution in [1.29, 1.82) is 0 Å². The molecule has 1 heterocycles. The van der Waals surface area contributed by atoms with E-state index in [2.05, 4.69) is 5.32 Å². The molecule has 2 amide bonds. The number of Topliss-reactive ketones (excluding diaryl/α,β-unsaturated/α-hetero) is 1. The summed E-state index contributed by atoms with van der Waals surface area (Å²) in [5.41, 5.74) is 2.70. The standard InChI is InChI=1S/C21H20N2O5/c1-12-4-5-15(21(27)28-3)10-17(12)22-18-11-19(25)23(20(18)26)16-8-6-14(7-9-16)13(2)24/h4-10,18,22H,11H2,1-3H3. The van der Waals surface area contributed by atoms with Crippen LogP contribution >= 0.6 is 0 Å². The minimum absolute atomic E-state index is 0.00478. The summed E-state index contributed by atoms with van der Waals surface area (Å²) in [6.45, 7) is 3.29. The zero-order chi connectivity index (χ0) is 20.4. The number of ketones is 1. The number of nitrogens with zero attached hydrogens (tertiary/aromatic N) is 1. The number of nitrogens with one attached hydrogen (secondary N) is 1. The lowest BCUT2D eigenvalue weighted by Crippen LogP contribution is -2.35. The molecule has 0 saturated carbocycles. The Morgan fingerprint density at radius 3 is 2.32 bits per heavy atom. The van der Waals surface area contributed by atoms with Crippen molar-refractivity contribution in [3.05, 3.63) is 59.2 Å². The van der Waals surface area contributed by atoms with Gasteiger partial charge in [0.2, 0.25) is 5.91 Å². The van der Waals surface area contributed by atoms with E-state index in [9.17, 15) is 19.2 Å². The second-order valence-corrected chi connectivity index (χ2v) is 6.59. The van der Waals surface area contributed by atoms with E-state index in [-0.39, 0.29) is 24.0 Å². The Balaban J connectivity index is 1.82. The molecule has 0 aliphatic carbocycles. The average molecular weight is 380 g/mol. The van der Waals surface area contributed by atoms with Gasteiger partial charge in [0, 0.05) is 11.3 Å². The van der Waals surface area contributed by atoms with Crippen molar-refractivity contribution < 1.29 is 23.9 Å². The van der Waals surface area contributed by atoms with Gasteiger partial charge in [0.05, 0.1) is 24.8 Å². The summed E-state index contributed by atoms with van der Waals surface area (Å²) in [6.07, 6.45) is -0.00478. The molecule has 0 bridgehead atoms. The molecule has 1 atom stereocenters. The van der Waals surface area contributed by atoms with Crippen LogP contribution in [0.15, 0.2) is 42.5 Å². The van der Waals surface area contributed by atoms with Gasteiger partial charge in [-0.2, -0.15) is 0 Å². The van der Waals surface area contributed by atoms with Gasteiger partial charge < -0.3 is 10.1 Å². The number of hydrogen-bond donors (Lipinski definition) is 1. The van der Waals surface area contributed by atoms with Crippen molar-refractivity contribution in [3.8, 4) is 0 Å². The second kappa shape index (κ2) is 7.64. The molecule has 1 N–H and O–H groups in total. The van der Waals surface area contributed by atoms with Crippen LogP contribution in [0.5, 0.6) is 0 Å². The maximum atomic E-state index is 12.8. The van der Waals surface area contributed by atoms with Crippen molar-refractivity contribution in [2.24, 2.45) is 0 Å². The van der Waals surface area contributed by atoms with E-state index in [4.69, 9.17) is 4.74 Å². The molecular weight excluding hydrogens is 360 g/mol. The number of ether oxygens (including phenoxy) is 1. The monoisotopic (exact) mass is 380 g/mol. The van der Waals surface area contributed by atoms with Gasteiger partial charge in [0.15, 0.2) is 5.78 Å². The van der Waals surface area contributed by atoms with Crippen molar-refractivity contribution in [3.63, 3.8) is 0 Å². The summed E-state index contributed by atoms with van der Waals surface area (Å²) in [5.74, 6) is -1.29. The van der Waals surface area contributed by atoms with E-state index in [1.165, 1.54) is 14.0 Å². The number of imide groups is 1. The molecule has 7 nitrogen and oxygen atoms in total. The average Bonchev–Trinajstić information content (AvgIpc) is 2.96. The lowest BCUT2D eigenvalue weighted by atomic mass is 10.1. The quantitative estimate of drug-likeness (QED) is 0.487. The van der Waals surface area contributed by atoms with Crippen LogP contribution < -0.4 is 10.2 Å². The summed E-state index contributed by atoms with van der Waals surface area (Å²) in [6, 6.07) is 10.6. The van der Waals surface area contributed by atoms with Crippen LogP contribution in [0.4, 0.5) is 11.4 Å². The molecule has 3 rings (SSSR count). The summed E-state index contributed by atoms with van der Waals surface area (Å²) in [7, 11) is 1.30. The maximum Gasteiger partial charge on any atom is 0.337 e. The van der Waals surface area contributed by atoms with E-state index >= 15 is 0 Å². The van der Waals surface area contributed by atoms with Gasteiger partial charge in [-0.15, -0.1) is 0 Å². The number of methoxy groups -OCH3 is 1. The van der Waals surface area contributed by atoms with Crippen molar-refractivity contribution in [2.45, 2.75) is 26.3 Å². The Hall–Kier alpha value is -3.48. The fourth-order valence-corrected chi connectivity index (χ4v) is 3.07. The number of esters is 1. The van der Waals surface area contributed by atoms with Crippen LogP contribution in [0.25, 0.3) is 0 Å². The lowest BCUT2D eigenvalue weighted by molar-refractivity contribution is -0.121.